The maximum absolute atomic E-state index is 12.0. The number of aryl methyl sites for hydroxylation is 1. The average Bonchev–Trinajstić information content (AvgIpc) is 2.61. The summed E-state index contributed by atoms with van der Waals surface area (Å²) >= 11 is 0. The van der Waals surface area contributed by atoms with Crippen molar-refractivity contribution >= 4 is 21.7 Å². The van der Waals surface area contributed by atoms with Crippen LogP contribution in [0.15, 0.2) is 24.3 Å². The molecule has 1 fully saturated rings. The first-order valence-electron chi connectivity index (χ1n) is 9.82. The maximum Gasteiger partial charge on any atom is 0.303 e. The molecular formula is C20H32N2O4S. The predicted molar refractivity (Wildman–Crippen MR) is 108 cm³/mol. The Morgan fingerprint density at radius 1 is 1.15 bits per heavy atom. The highest BCUT2D eigenvalue weighted by Gasteiger charge is 2.26. The van der Waals surface area contributed by atoms with Gasteiger partial charge < -0.3 is 10.4 Å². The van der Waals surface area contributed by atoms with Gasteiger partial charge in [0.15, 0.2) is 0 Å². The van der Waals surface area contributed by atoms with Crippen molar-refractivity contribution in [3.8, 4) is 0 Å². The Bertz CT molecular complexity index is 693. The maximum atomic E-state index is 12.0. The monoisotopic (exact) mass is 396 g/mol. The van der Waals surface area contributed by atoms with Crippen LogP contribution in [-0.2, 0) is 21.2 Å². The van der Waals surface area contributed by atoms with Gasteiger partial charge >= 0.3 is 5.97 Å². The van der Waals surface area contributed by atoms with Crippen LogP contribution < -0.4 is 10.0 Å². The summed E-state index contributed by atoms with van der Waals surface area (Å²) in [6, 6.07) is 8.24. The minimum atomic E-state index is -3.18. The highest BCUT2D eigenvalue weighted by Crippen LogP contribution is 2.25. The minimum Gasteiger partial charge on any atom is -0.481 e. The molecule has 1 saturated carbocycles. The molecule has 0 aliphatic heterocycles. The van der Waals surface area contributed by atoms with E-state index in [9.17, 15) is 13.2 Å². The van der Waals surface area contributed by atoms with Gasteiger partial charge in [-0.2, -0.15) is 0 Å². The zero-order valence-corrected chi connectivity index (χ0v) is 17.1. The van der Waals surface area contributed by atoms with E-state index in [4.69, 9.17) is 5.11 Å². The molecule has 1 aromatic rings. The lowest BCUT2D eigenvalue weighted by Crippen LogP contribution is -2.41. The number of anilines is 1. The molecule has 1 aliphatic carbocycles. The lowest BCUT2D eigenvalue weighted by molar-refractivity contribution is -0.137. The number of carbonyl (C=O) groups is 1. The third kappa shape index (κ3) is 7.50. The van der Waals surface area contributed by atoms with Crippen molar-refractivity contribution in [3.63, 3.8) is 0 Å². The Kier molecular flexibility index (Phi) is 8.10. The molecule has 0 bridgehead atoms. The second kappa shape index (κ2) is 10.1. The number of carboxylic acids is 1. The van der Waals surface area contributed by atoms with Crippen molar-refractivity contribution in [2.45, 2.75) is 70.1 Å². The molecule has 0 unspecified atom stereocenters. The summed E-state index contributed by atoms with van der Waals surface area (Å²) < 4.78 is 26.8. The van der Waals surface area contributed by atoms with Crippen LogP contribution in [0.4, 0.5) is 5.69 Å². The molecule has 2 rings (SSSR count). The van der Waals surface area contributed by atoms with E-state index in [1.165, 1.54) is 0 Å². The Morgan fingerprint density at radius 2 is 1.78 bits per heavy atom. The molecule has 1 aromatic carbocycles. The number of hydrogen-bond donors (Lipinski definition) is 3. The van der Waals surface area contributed by atoms with E-state index in [-0.39, 0.29) is 17.7 Å². The van der Waals surface area contributed by atoms with Gasteiger partial charge in [-0.05, 0) is 76.0 Å². The van der Waals surface area contributed by atoms with E-state index in [2.05, 4.69) is 10.0 Å². The summed E-state index contributed by atoms with van der Waals surface area (Å²) in [4.78, 5) is 10.6. The fourth-order valence-corrected chi connectivity index (χ4v) is 4.32. The number of hydrogen-bond acceptors (Lipinski definition) is 4. The molecule has 0 heterocycles. The summed E-state index contributed by atoms with van der Waals surface area (Å²) in [5.41, 5.74) is 2.22. The third-order valence-corrected chi connectivity index (χ3v) is 7.11. The topological polar surface area (TPSA) is 95.5 Å². The van der Waals surface area contributed by atoms with Crippen molar-refractivity contribution in [2.75, 3.05) is 11.9 Å². The Hall–Kier alpha value is -1.60. The van der Waals surface area contributed by atoms with E-state index in [1.807, 2.05) is 24.3 Å². The molecule has 0 atom stereocenters. The van der Waals surface area contributed by atoms with Crippen LogP contribution in [0.5, 0.6) is 0 Å². The second-order valence-corrected chi connectivity index (χ2v) is 10.0. The molecule has 0 aromatic heterocycles. The van der Waals surface area contributed by atoms with Gasteiger partial charge in [0.2, 0.25) is 10.0 Å². The van der Waals surface area contributed by atoms with E-state index in [0.717, 1.165) is 49.9 Å². The molecule has 27 heavy (non-hydrogen) atoms. The van der Waals surface area contributed by atoms with Crippen molar-refractivity contribution in [1.29, 1.82) is 0 Å². The lowest BCUT2D eigenvalue weighted by Gasteiger charge is -2.29. The van der Waals surface area contributed by atoms with E-state index in [1.54, 1.807) is 13.8 Å². The fraction of sp³-hybridized carbons (Fsp3) is 0.650. The minimum absolute atomic E-state index is 0.0683. The van der Waals surface area contributed by atoms with E-state index in [0.29, 0.717) is 12.3 Å². The summed E-state index contributed by atoms with van der Waals surface area (Å²) in [5.74, 6) is -0.194. The number of carboxylic acid groups (broad SMARTS) is 1. The van der Waals surface area contributed by atoms with Gasteiger partial charge in [0.25, 0.3) is 0 Å². The first-order valence-corrected chi connectivity index (χ1v) is 11.4. The van der Waals surface area contributed by atoms with Gasteiger partial charge in [0, 0.05) is 24.7 Å². The molecule has 0 spiro atoms. The van der Waals surface area contributed by atoms with Crippen molar-refractivity contribution in [2.24, 2.45) is 5.92 Å². The summed E-state index contributed by atoms with van der Waals surface area (Å²) in [6.45, 7) is 4.30. The van der Waals surface area contributed by atoms with Crippen molar-refractivity contribution < 1.29 is 18.3 Å². The van der Waals surface area contributed by atoms with E-state index < -0.39 is 16.0 Å². The van der Waals surface area contributed by atoms with Crippen molar-refractivity contribution in [3.05, 3.63) is 29.8 Å². The number of rotatable bonds is 10. The largest absolute Gasteiger partial charge is 0.481 e. The predicted octanol–water partition coefficient (Wildman–Crippen LogP) is 3.39. The molecule has 0 amide bonds. The summed E-state index contributed by atoms with van der Waals surface area (Å²) in [6.07, 6.45) is 5.46. The smallest absolute Gasteiger partial charge is 0.303 e. The van der Waals surface area contributed by atoms with Gasteiger partial charge in [-0.1, -0.05) is 12.1 Å². The standard InChI is InChI=1S/C20H32N2O4S/c1-15(2)27(25,26)22-19-12-8-17(9-13-19)14-21-18-10-6-16(7-11-18)4-3-5-20(23)24/h6-7,10-11,15,17,19,21-22H,3-5,8-9,12-14H2,1-2H3,(H,23,24). The van der Waals surface area contributed by atoms with Crippen molar-refractivity contribution in [1.82, 2.24) is 4.72 Å². The first kappa shape index (κ1) is 21.7. The molecule has 3 N–H and O–H groups in total. The molecule has 152 valence electrons. The zero-order valence-electron chi connectivity index (χ0n) is 16.3. The highest BCUT2D eigenvalue weighted by atomic mass is 32.2. The summed E-state index contributed by atoms with van der Waals surface area (Å²) in [5, 5.41) is 11.8. The molecular weight excluding hydrogens is 364 g/mol. The molecule has 1 aliphatic rings. The SMILES string of the molecule is CC(C)S(=O)(=O)NC1CCC(CNc2ccc(CCCC(=O)O)cc2)CC1. The Labute approximate surface area is 162 Å². The van der Waals surface area contributed by atoms with Crippen LogP contribution in [0, 0.1) is 5.92 Å². The van der Waals surface area contributed by atoms with Gasteiger partial charge in [-0.25, -0.2) is 13.1 Å². The average molecular weight is 397 g/mol. The van der Waals surface area contributed by atoms with Crippen LogP contribution in [0.1, 0.15) is 57.9 Å². The number of aliphatic carboxylic acids is 1. The van der Waals surface area contributed by atoms with E-state index >= 15 is 0 Å². The highest BCUT2D eigenvalue weighted by molar-refractivity contribution is 7.90. The summed E-state index contributed by atoms with van der Waals surface area (Å²) in [7, 11) is -3.18. The van der Waals surface area contributed by atoms with Crippen LogP contribution in [0.25, 0.3) is 0 Å². The fourth-order valence-electron chi connectivity index (χ4n) is 3.35. The van der Waals surface area contributed by atoms with Crippen LogP contribution in [0.3, 0.4) is 0 Å². The van der Waals surface area contributed by atoms with Crippen LogP contribution in [0.2, 0.25) is 0 Å². The molecule has 0 radical (unpaired) electrons. The Morgan fingerprint density at radius 3 is 2.33 bits per heavy atom. The quantitative estimate of drug-likeness (QED) is 0.563. The van der Waals surface area contributed by atoms with Gasteiger partial charge in [0.05, 0.1) is 5.25 Å². The van der Waals surface area contributed by atoms with Crippen LogP contribution >= 0.6 is 0 Å². The number of benzene rings is 1. The van der Waals surface area contributed by atoms with Gasteiger partial charge in [-0.3, -0.25) is 4.79 Å². The molecule has 0 saturated heterocycles. The second-order valence-electron chi connectivity index (χ2n) is 7.75. The van der Waals surface area contributed by atoms with Gasteiger partial charge in [-0.15, -0.1) is 0 Å². The van der Waals surface area contributed by atoms with Crippen LogP contribution in [-0.4, -0.2) is 37.3 Å². The number of sulfonamides is 1. The normalized spacial score (nSPS) is 20.6. The Balaban J connectivity index is 1.70. The molecule has 7 heteroatoms. The lowest BCUT2D eigenvalue weighted by atomic mass is 9.86. The third-order valence-electron chi connectivity index (χ3n) is 5.20. The first-order chi connectivity index (χ1) is 12.8. The number of nitrogens with one attached hydrogen (secondary N) is 2. The molecule has 6 nitrogen and oxygen atoms in total. The zero-order chi connectivity index (χ0) is 19.9. The van der Waals surface area contributed by atoms with Gasteiger partial charge in [0.1, 0.15) is 0 Å².